The fourth-order valence-corrected chi connectivity index (χ4v) is 1.64. The van der Waals surface area contributed by atoms with Gasteiger partial charge in [0.2, 0.25) is 0 Å². The number of epoxide rings is 1. The summed E-state index contributed by atoms with van der Waals surface area (Å²) < 4.78 is 9.95. The molecule has 1 fully saturated rings. The third-order valence-electron chi connectivity index (χ3n) is 2.31. The van der Waals surface area contributed by atoms with Crippen LogP contribution in [-0.2, 0) is 14.3 Å². The molecule has 0 aromatic heterocycles. The Labute approximate surface area is 86.4 Å². The molecule has 5 heteroatoms. The lowest BCUT2D eigenvalue weighted by atomic mass is 9.97. The lowest BCUT2D eigenvalue weighted by Gasteiger charge is -2.13. The van der Waals surface area contributed by atoms with Gasteiger partial charge in [-0.05, 0) is 6.08 Å². The number of fused-ring (bicyclic) bond motifs is 1. The Bertz CT molecular complexity index is 276. The first kappa shape index (κ1) is 9.96. The highest BCUT2D eigenvalue weighted by Gasteiger charge is 2.47. The van der Waals surface area contributed by atoms with Crippen LogP contribution in [-0.4, -0.2) is 41.9 Å². The third kappa shape index (κ3) is 1.92. The first-order chi connectivity index (χ1) is 6.72. The SMILES string of the molecule is O=C(OCCCl)C1=C[C@H]2O[C@H]2[C@H](O)C1. The van der Waals surface area contributed by atoms with Gasteiger partial charge in [0.1, 0.15) is 18.8 Å². The molecule has 0 aromatic rings. The Morgan fingerprint density at radius 1 is 1.79 bits per heavy atom. The molecule has 78 valence electrons. The van der Waals surface area contributed by atoms with Crippen molar-refractivity contribution in [3.8, 4) is 0 Å². The van der Waals surface area contributed by atoms with Gasteiger partial charge < -0.3 is 14.6 Å². The first-order valence-corrected chi connectivity index (χ1v) is 5.03. The van der Waals surface area contributed by atoms with E-state index in [-0.39, 0.29) is 24.7 Å². The number of hydrogen-bond acceptors (Lipinski definition) is 4. The molecular formula is C9H11ClO4. The highest BCUT2D eigenvalue weighted by atomic mass is 35.5. The molecule has 0 amide bonds. The van der Waals surface area contributed by atoms with Gasteiger partial charge in [0, 0.05) is 12.0 Å². The molecule has 1 heterocycles. The van der Waals surface area contributed by atoms with Crippen molar-refractivity contribution >= 4 is 17.6 Å². The number of carbonyl (C=O) groups excluding carboxylic acids is 1. The predicted octanol–water partition coefficient (Wildman–Crippen LogP) is 0.227. The second-order valence-corrected chi connectivity index (χ2v) is 3.73. The predicted molar refractivity (Wildman–Crippen MR) is 49.0 cm³/mol. The molecule has 1 saturated heterocycles. The van der Waals surface area contributed by atoms with E-state index in [1.54, 1.807) is 6.08 Å². The standard InChI is InChI=1S/C9H11ClO4/c10-1-2-13-9(12)5-3-6(11)8-7(4-5)14-8/h4,6-8,11H,1-3H2/t6-,7-,8+/m1/s1. The highest BCUT2D eigenvalue weighted by Crippen LogP contribution is 2.35. The van der Waals surface area contributed by atoms with E-state index in [2.05, 4.69) is 0 Å². The zero-order valence-corrected chi connectivity index (χ0v) is 8.24. The van der Waals surface area contributed by atoms with Gasteiger partial charge in [-0.2, -0.15) is 0 Å². The fourth-order valence-electron chi connectivity index (χ4n) is 1.56. The largest absolute Gasteiger partial charge is 0.461 e. The lowest BCUT2D eigenvalue weighted by Crippen LogP contribution is -2.25. The van der Waals surface area contributed by atoms with Crippen LogP contribution >= 0.6 is 11.6 Å². The summed E-state index contributed by atoms with van der Waals surface area (Å²) in [6.45, 7) is 0.197. The number of carbonyl (C=O) groups is 1. The van der Waals surface area contributed by atoms with Crippen molar-refractivity contribution in [2.75, 3.05) is 12.5 Å². The third-order valence-corrected chi connectivity index (χ3v) is 2.46. The van der Waals surface area contributed by atoms with Crippen LogP contribution in [0, 0.1) is 0 Å². The molecule has 2 aliphatic rings. The van der Waals surface area contributed by atoms with Crippen LogP contribution in [0.5, 0.6) is 0 Å². The maximum Gasteiger partial charge on any atom is 0.333 e. The van der Waals surface area contributed by atoms with Gasteiger partial charge in [0.15, 0.2) is 0 Å². The van der Waals surface area contributed by atoms with Crippen molar-refractivity contribution in [2.45, 2.75) is 24.7 Å². The number of rotatable bonds is 3. The first-order valence-electron chi connectivity index (χ1n) is 4.49. The highest BCUT2D eigenvalue weighted by molar-refractivity contribution is 6.18. The summed E-state index contributed by atoms with van der Waals surface area (Å²) in [4.78, 5) is 11.4. The summed E-state index contributed by atoms with van der Waals surface area (Å²) in [6, 6.07) is 0. The van der Waals surface area contributed by atoms with Crippen molar-refractivity contribution in [1.82, 2.24) is 0 Å². The van der Waals surface area contributed by atoms with E-state index in [0.717, 1.165) is 0 Å². The maximum absolute atomic E-state index is 11.4. The lowest BCUT2D eigenvalue weighted by molar-refractivity contribution is -0.138. The summed E-state index contributed by atoms with van der Waals surface area (Å²) >= 11 is 5.38. The number of aliphatic hydroxyl groups is 1. The smallest absolute Gasteiger partial charge is 0.333 e. The molecule has 0 bridgehead atoms. The average molecular weight is 219 g/mol. The van der Waals surface area contributed by atoms with Crippen molar-refractivity contribution < 1.29 is 19.4 Å². The zero-order chi connectivity index (χ0) is 10.1. The van der Waals surface area contributed by atoms with E-state index in [1.807, 2.05) is 0 Å². The van der Waals surface area contributed by atoms with E-state index in [9.17, 15) is 9.90 Å². The molecule has 1 N–H and O–H groups in total. The normalized spacial score (nSPS) is 34.4. The number of ether oxygens (including phenoxy) is 2. The number of aliphatic hydroxyl groups excluding tert-OH is 1. The molecule has 3 atom stereocenters. The van der Waals surface area contributed by atoms with Gasteiger partial charge in [0.05, 0.1) is 12.0 Å². The zero-order valence-electron chi connectivity index (χ0n) is 7.48. The summed E-state index contributed by atoms with van der Waals surface area (Å²) in [7, 11) is 0. The minimum Gasteiger partial charge on any atom is -0.461 e. The second kappa shape index (κ2) is 3.88. The molecule has 1 aliphatic heterocycles. The molecule has 0 saturated carbocycles. The van der Waals surface area contributed by atoms with E-state index in [1.165, 1.54) is 0 Å². The van der Waals surface area contributed by atoms with Gasteiger partial charge in [-0.3, -0.25) is 0 Å². The number of hydrogen-bond donors (Lipinski definition) is 1. The molecule has 14 heavy (non-hydrogen) atoms. The number of alkyl halides is 1. The Balaban J connectivity index is 1.94. The van der Waals surface area contributed by atoms with Crippen LogP contribution in [0.25, 0.3) is 0 Å². The molecule has 0 spiro atoms. The van der Waals surface area contributed by atoms with Crippen molar-refractivity contribution in [1.29, 1.82) is 0 Å². The molecule has 0 radical (unpaired) electrons. The molecule has 4 nitrogen and oxygen atoms in total. The summed E-state index contributed by atoms with van der Waals surface area (Å²) in [5.74, 6) is -0.122. The van der Waals surface area contributed by atoms with Crippen LogP contribution in [0.4, 0.5) is 0 Å². The number of halogens is 1. The van der Waals surface area contributed by atoms with E-state index < -0.39 is 12.1 Å². The second-order valence-electron chi connectivity index (χ2n) is 3.35. The summed E-state index contributed by atoms with van der Waals surface area (Å²) in [5.41, 5.74) is 0.487. The van der Waals surface area contributed by atoms with Gasteiger partial charge in [-0.1, -0.05) is 0 Å². The van der Waals surface area contributed by atoms with Crippen LogP contribution in [0.2, 0.25) is 0 Å². The van der Waals surface area contributed by atoms with Crippen LogP contribution in [0.1, 0.15) is 6.42 Å². The van der Waals surface area contributed by atoms with Crippen LogP contribution in [0.15, 0.2) is 11.6 Å². The average Bonchev–Trinajstić information content (AvgIpc) is 2.93. The minimum atomic E-state index is -0.580. The quantitative estimate of drug-likeness (QED) is 0.419. The fraction of sp³-hybridized carbons (Fsp3) is 0.667. The Morgan fingerprint density at radius 2 is 2.57 bits per heavy atom. The molecule has 0 unspecified atom stereocenters. The van der Waals surface area contributed by atoms with Crippen molar-refractivity contribution in [2.24, 2.45) is 0 Å². The van der Waals surface area contributed by atoms with Crippen LogP contribution in [0.3, 0.4) is 0 Å². The molecular weight excluding hydrogens is 208 g/mol. The maximum atomic E-state index is 11.4. The van der Waals surface area contributed by atoms with Crippen molar-refractivity contribution in [3.05, 3.63) is 11.6 Å². The Hall–Kier alpha value is -0.580. The van der Waals surface area contributed by atoms with Crippen LogP contribution < -0.4 is 0 Å². The Kier molecular flexibility index (Phi) is 2.76. The van der Waals surface area contributed by atoms with Gasteiger partial charge in [0.25, 0.3) is 0 Å². The molecule has 2 rings (SSSR count). The van der Waals surface area contributed by atoms with Gasteiger partial charge >= 0.3 is 5.97 Å². The summed E-state index contributed by atoms with van der Waals surface area (Å²) in [5, 5.41) is 9.46. The molecule has 0 aromatic carbocycles. The van der Waals surface area contributed by atoms with E-state index in [0.29, 0.717) is 12.0 Å². The van der Waals surface area contributed by atoms with Crippen molar-refractivity contribution in [3.63, 3.8) is 0 Å². The Morgan fingerprint density at radius 3 is 3.21 bits per heavy atom. The van der Waals surface area contributed by atoms with Gasteiger partial charge in [-0.15, -0.1) is 11.6 Å². The molecule has 1 aliphatic carbocycles. The minimum absolute atomic E-state index is 0.0997. The topological polar surface area (TPSA) is 59.1 Å². The van der Waals surface area contributed by atoms with E-state index >= 15 is 0 Å². The van der Waals surface area contributed by atoms with E-state index in [4.69, 9.17) is 21.1 Å². The summed E-state index contributed by atoms with van der Waals surface area (Å²) in [6.07, 6.45) is 1.23. The van der Waals surface area contributed by atoms with Gasteiger partial charge in [-0.25, -0.2) is 4.79 Å². The number of esters is 1. The monoisotopic (exact) mass is 218 g/mol.